The van der Waals surface area contributed by atoms with Crippen LogP contribution in [0.3, 0.4) is 0 Å². The summed E-state index contributed by atoms with van der Waals surface area (Å²) in [5.41, 5.74) is 0.854. The van der Waals surface area contributed by atoms with Crippen molar-refractivity contribution in [2.45, 2.75) is 19.0 Å². The van der Waals surface area contributed by atoms with E-state index in [4.69, 9.17) is 21.1 Å². The van der Waals surface area contributed by atoms with Gasteiger partial charge in [0.25, 0.3) is 0 Å². The van der Waals surface area contributed by atoms with Crippen LogP contribution in [0.25, 0.3) is 0 Å². The third kappa shape index (κ3) is 3.15. The van der Waals surface area contributed by atoms with Gasteiger partial charge in [-0.2, -0.15) is 0 Å². The molecule has 1 fully saturated rings. The van der Waals surface area contributed by atoms with Crippen LogP contribution < -0.4 is 9.47 Å². The lowest BCUT2D eigenvalue weighted by Crippen LogP contribution is -2.41. The molecule has 8 heteroatoms. The average Bonchev–Trinajstić information content (AvgIpc) is 3.09. The van der Waals surface area contributed by atoms with Crippen molar-refractivity contribution in [2.75, 3.05) is 24.2 Å². The van der Waals surface area contributed by atoms with Crippen LogP contribution in [0.5, 0.6) is 11.5 Å². The minimum Gasteiger partial charge on any atom is -0.454 e. The quantitative estimate of drug-likeness (QED) is 0.766. The Kier molecular flexibility index (Phi) is 4.18. The van der Waals surface area contributed by atoms with E-state index in [9.17, 15) is 13.2 Å². The van der Waals surface area contributed by atoms with Crippen molar-refractivity contribution in [1.29, 1.82) is 0 Å². The highest BCUT2D eigenvalue weighted by Gasteiger charge is 2.34. The maximum atomic E-state index is 12.1. The number of carbonyl (C=O) groups is 1. The highest BCUT2D eigenvalue weighted by molar-refractivity contribution is 7.91. The molecule has 1 aromatic carbocycles. The van der Waals surface area contributed by atoms with Gasteiger partial charge in [-0.15, -0.1) is 11.6 Å². The van der Waals surface area contributed by atoms with Gasteiger partial charge in [-0.1, -0.05) is 6.07 Å². The van der Waals surface area contributed by atoms with Crippen molar-refractivity contribution in [3.05, 3.63) is 23.8 Å². The summed E-state index contributed by atoms with van der Waals surface area (Å²) in [6.45, 7) is 0.492. The van der Waals surface area contributed by atoms with Crippen molar-refractivity contribution < 1.29 is 22.7 Å². The number of halogens is 1. The Hall–Kier alpha value is -1.47. The molecule has 1 atom stereocenters. The van der Waals surface area contributed by atoms with Gasteiger partial charge in [0.1, 0.15) is 5.88 Å². The lowest BCUT2D eigenvalue weighted by atomic mass is 10.1. The van der Waals surface area contributed by atoms with E-state index < -0.39 is 9.84 Å². The number of benzene rings is 1. The molecule has 2 aliphatic rings. The van der Waals surface area contributed by atoms with E-state index in [0.29, 0.717) is 24.5 Å². The molecule has 120 valence electrons. The molecule has 0 radical (unpaired) electrons. The smallest absolute Gasteiger partial charge is 0.238 e. The fourth-order valence-electron chi connectivity index (χ4n) is 2.75. The van der Waals surface area contributed by atoms with E-state index in [1.54, 1.807) is 17.0 Å². The number of nitrogens with zero attached hydrogens (tertiary/aromatic N) is 1. The minimum absolute atomic E-state index is 0.000179. The van der Waals surface area contributed by atoms with E-state index in [-0.39, 0.29) is 36.1 Å². The summed E-state index contributed by atoms with van der Waals surface area (Å²) in [5.74, 6) is 0.991. The summed E-state index contributed by atoms with van der Waals surface area (Å²) in [7, 11) is -3.07. The second-order valence-corrected chi connectivity index (χ2v) is 7.90. The summed E-state index contributed by atoms with van der Waals surface area (Å²) in [6.07, 6.45) is 0.454. The summed E-state index contributed by atoms with van der Waals surface area (Å²) >= 11 is 5.67. The summed E-state index contributed by atoms with van der Waals surface area (Å²) in [6, 6.07) is 5.11. The number of amides is 1. The molecule has 2 aliphatic heterocycles. The molecule has 1 aromatic rings. The fourth-order valence-corrected chi connectivity index (χ4v) is 4.64. The Bertz CT molecular complexity index is 690. The maximum absolute atomic E-state index is 12.1. The molecular formula is C14H16ClNO5S. The Morgan fingerprint density at radius 1 is 1.32 bits per heavy atom. The molecule has 22 heavy (non-hydrogen) atoms. The molecule has 2 heterocycles. The summed E-state index contributed by atoms with van der Waals surface area (Å²) < 4.78 is 33.9. The normalized spacial score (nSPS) is 21.8. The molecule has 0 spiro atoms. The molecule has 0 unspecified atom stereocenters. The van der Waals surface area contributed by atoms with E-state index in [0.717, 1.165) is 5.56 Å². The predicted molar refractivity (Wildman–Crippen MR) is 80.9 cm³/mol. The number of alkyl halides is 1. The van der Waals surface area contributed by atoms with Gasteiger partial charge < -0.3 is 14.4 Å². The number of rotatable bonds is 4. The standard InChI is InChI=1S/C14H16ClNO5S/c15-6-14(17)16(11-3-4-22(18,19)8-11)7-10-1-2-12-13(5-10)21-9-20-12/h1-2,5,11H,3-4,6-9H2/t11-/m1/s1. The Morgan fingerprint density at radius 3 is 2.77 bits per heavy atom. The first-order valence-corrected chi connectivity index (χ1v) is 9.28. The van der Waals surface area contributed by atoms with Crippen molar-refractivity contribution in [3.8, 4) is 11.5 Å². The van der Waals surface area contributed by atoms with E-state index in [1.807, 2.05) is 6.07 Å². The molecule has 3 rings (SSSR count). The molecule has 0 N–H and O–H groups in total. The third-order valence-corrected chi connectivity index (χ3v) is 5.85. The molecule has 1 amide bonds. The number of ether oxygens (including phenoxy) is 2. The van der Waals surface area contributed by atoms with Gasteiger partial charge in [0.15, 0.2) is 21.3 Å². The number of hydrogen-bond donors (Lipinski definition) is 0. The monoisotopic (exact) mass is 345 g/mol. The lowest BCUT2D eigenvalue weighted by molar-refractivity contribution is -0.131. The van der Waals surface area contributed by atoms with Gasteiger partial charge in [-0.05, 0) is 24.1 Å². The van der Waals surface area contributed by atoms with Crippen LogP contribution in [0, 0.1) is 0 Å². The van der Waals surface area contributed by atoms with Crippen LogP contribution in [-0.4, -0.2) is 49.4 Å². The molecule has 1 saturated heterocycles. The van der Waals surface area contributed by atoms with Gasteiger partial charge >= 0.3 is 0 Å². The summed E-state index contributed by atoms with van der Waals surface area (Å²) in [4.78, 5) is 13.6. The summed E-state index contributed by atoms with van der Waals surface area (Å²) in [5, 5.41) is 0. The number of sulfone groups is 1. The first-order chi connectivity index (χ1) is 10.5. The van der Waals surface area contributed by atoms with Crippen molar-refractivity contribution in [2.24, 2.45) is 0 Å². The third-order valence-electron chi connectivity index (χ3n) is 3.87. The van der Waals surface area contributed by atoms with Crippen molar-refractivity contribution >= 4 is 27.3 Å². The molecular weight excluding hydrogens is 330 g/mol. The predicted octanol–water partition coefficient (Wildman–Crippen LogP) is 1.17. The molecule has 0 aliphatic carbocycles. The fraction of sp³-hybridized carbons (Fsp3) is 0.500. The van der Waals surface area contributed by atoms with Crippen LogP contribution in [0.4, 0.5) is 0 Å². The Labute approximate surface area is 133 Å². The highest BCUT2D eigenvalue weighted by Crippen LogP contribution is 2.33. The second kappa shape index (κ2) is 5.96. The number of hydrogen-bond acceptors (Lipinski definition) is 5. The van der Waals surface area contributed by atoms with Gasteiger partial charge in [0, 0.05) is 12.6 Å². The van der Waals surface area contributed by atoms with Crippen LogP contribution in [-0.2, 0) is 21.2 Å². The first kappa shape index (κ1) is 15.4. The molecule has 6 nitrogen and oxygen atoms in total. The molecule has 0 saturated carbocycles. The zero-order valence-electron chi connectivity index (χ0n) is 11.8. The minimum atomic E-state index is -3.07. The number of fused-ring (bicyclic) bond motifs is 1. The van der Waals surface area contributed by atoms with Gasteiger partial charge in [-0.25, -0.2) is 8.42 Å². The van der Waals surface area contributed by atoms with Crippen LogP contribution in [0.15, 0.2) is 18.2 Å². The second-order valence-electron chi connectivity index (χ2n) is 5.40. The van der Waals surface area contributed by atoms with E-state index in [2.05, 4.69) is 0 Å². The van der Waals surface area contributed by atoms with Gasteiger partial charge in [0.05, 0.1) is 11.5 Å². The van der Waals surface area contributed by atoms with Gasteiger partial charge in [0.2, 0.25) is 12.7 Å². The van der Waals surface area contributed by atoms with Crippen LogP contribution >= 0.6 is 11.6 Å². The highest BCUT2D eigenvalue weighted by atomic mass is 35.5. The maximum Gasteiger partial charge on any atom is 0.238 e. The van der Waals surface area contributed by atoms with Crippen LogP contribution in [0.2, 0.25) is 0 Å². The Morgan fingerprint density at radius 2 is 2.09 bits per heavy atom. The zero-order valence-corrected chi connectivity index (χ0v) is 13.4. The SMILES string of the molecule is O=C(CCl)N(Cc1ccc2c(c1)OCO2)[C@@H]1CCS(=O)(=O)C1. The van der Waals surface area contributed by atoms with Crippen LogP contribution in [0.1, 0.15) is 12.0 Å². The van der Waals surface area contributed by atoms with Crippen molar-refractivity contribution in [1.82, 2.24) is 4.90 Å². The van der Waals surface area contributed by atoms with Crippen molar-refractivity contribution in [3.63, 3.8) is 0 Å². The molecule has 0 aromatic heterocycles. The number of carbonyl (C=O) groups excluding carboxylic acids is 1. The largest absolute Gasteiger partial charge is 0.454 e. The first-order valence-electron chi connectivity index (χ1n) is 6.93. The lowest BCUT2D eigenvalue weighted by Gasteiger charge is -2.27. The zero-order chi connectivity index (χ0) is 15.7. The molecule has 0 bridgehead atoms. The average molecular weight is 346 g/mol. The van der Waals surface area contributed by atoms with Gasteiger partial charge in [-0.3, -0.25) is 4.79 Å². The van der Waals surface area contributed by atoms with E-state index in [1.165, 1.54) is 0 Å². The van der Waals surface area contributed by atoms with E-state index >= 15 is 0 Å². The Balaban J connectivity index is 1.80. The topological polar surface area (TPSA) is 72.9 Å².